The molecule has 7 nitrogen and oxygen atoms in total. The molecule has 2 amide bonds. The molecule has 2 aromatic carbocycles. The molecule has 3 heterocycles. The number of nitrogens with one attached hydrogen (secondary N) is 1. The molecule has 1 N–H and O–H groups in total. The van der Waals surface area contributed by atoms with Crippen molar-refractivity contribution in [2.24, 2.45) is 0 Å². The second-order valence-corrected chi connectivity index (χ2v) is 9.71. The van der Waals surface area contributed by atoms with Gasteiger partial charge in [0.1, 0.15) is 17.2 Å². The monoisotopic (exact) mass is 491 g/mol. The fraction of sp³-hybridized carbons (Fsp3) is 0.357. The van der Waals surface area contributed by atoms with Crippen molar-refractivity contribution in [2.75, 3.05) is 38.1 Å². The Kier molecular flexibility index (Phi) is 6.30. The number of nitrogens with zero attached hydrogens (tertiary/aromatic N) is 2. The maximum Gasteiger partial charge on any atom is 0.409 e. The minimum atomic E-state index is -0.629. The van der Waals surface area contributed by atoms with E-state index in [-0.39, 0.29) is 12.0 Å². The molecule has 0 unspecified atom stereocenters. The van der Waals surface area contributed by atoms with Gasteiger partial charge in [-0.15, -0.1) is 0 Å². The number of halogens is 1. The number of carbonyl (C=O) groups excluding carboxylic acids is 2. The molecular weight excluding hydrogens is 461 g/mol. The van der Waals surface area contributed by atoms with Gasteiger partial charge in [-0.1, -0.05) is 24.3 Å². The number of carbonyl (C=O) groups is 2. The summed E-state index contributed by atoms with van der Waals surface area (Å²) in [5.74, 6) is -0.205. The van der Waals surface area contributed by atoms with Crippen LogP contribution in [0, 0.1) is 5.82 Å². The van der Waals surface area contributed by atoms with Crippen molar-refractivity contribution in [3.63, 3.8) is 0 Å². The average Bonchev–Trinajstić information content (AvgIpc) is 3.34. The van der Waals surface area contributed by atoms with E-state index < -0.39 is 11.4 Å². The molecule has 0 aromatic heterocycles. The molecule has 2 aromatic rings. The predicted molar refractivity (Wildman–Crippen MR) is 135 cm³/mol. The molecule has 0 radical (unpaired) electrons. The Balaban J connectivity index is 1.31. The van der Waals surface area contributed by atoms with Gasteiger partial charge >= 0.3 is 6.09 Å². The molecule has 8 heteroatoms. The Morgan fingerprint density at radius 3 is 2.53 bits per heavy atom. The van der Waals surface area contributed by atoms with E-state index in [1.807, 2.05) is 26.8 Å². The van der Waals surface area contributed by atoms with Crippen LogP contribution in [0.25, 0.3) is 11.1 Å². The van der Waals surface area contributed by atoms with E-state index in [2.05, 4.69) is 34.5 Å². The van der Waals surface area contributed by atoms with Crippen molar-refractivity contribution in [2.45, 2.75) is 32.9 Å². The second-order valence-electron chi connectivity index (χ2n) is 9.71. The van der Waals surface area contributed by atoms with Crippen LogP contribution in [-0.2, 0) is 20.8 Å². The molecule has 3 aliphatic heterocycles. The molecule has 0 spiro atoms. The fourth-order valence-electron chi connectivity index (χ4n) is 4.96. The highest BCUT2D eigenvalue weighted by atomic mass is 19.1. The lowest BCUT2D eigenvalue weighted by Gasteiger charge is -2.34. The number of benzene rings is 2. The number of allylic oxidation sites excluding steroid dienone is 1. The lowest BCUT2D eigenvalue weighted by atomic mass is 9.91. The normalized spacial score (nSPS) is 21.1. The Morgan fingerprint density at radius 2 is 1.83 bits per heavy atom. The molecule has 0 aliphatic carbocycles. The van der Waals surface area contributed by atoms with Crippen molar-refractivity contribution < 1.29 is 23.5 Å². The van der Waals surface area contributed by atoms with Crippen LogP contribution in [-0.4, -0.2) is 60.2 Å². The number of amides is 2. The number of rotatable bonds is 4. The van der Waals surface area contributed by atoms with Crippen LogP contribution in [0.4, 0.5) is 14.9 Å². The zero-order chi connectivity index (χ0) is 25.4. The number of piperazine rings is 1. The smallest absolute Gasteiger partial charge is 0.409 e. The third-order valence-corrected chi connectivity index (χ3v) is 6.83. The van der Waals surface area contributed by atoms with E-state index in [4.69, 9.17) is 9.47 Å². The maximum atomic E-state index is 13.6. The Morgan fingerprint density at radius 1 is 1.11 bits per heavy atom. The van der Waals surface area contributed by atoms with Crippen molar-refractivity contribution in [3.8, 4) is 0 Å². The largest absolute Gasteiger partial charge is 0.482 e. The van der Waals surface area contributed by atoms with Crippen LogP contribution < -0.4 is 5.32 Å². The quantitative estimate of drug-likeness (QED) is 0.631. The number of anilines is 1. The minimum Gasteiger partial charge on any atom is -0.482 e. The SMILES string of the molecule is CCOC(=O)N1CCN(Cc2ccc(C3=C/C(=C4\C(=O)Nc5cc(F)ccc54)OC3(C)C)cc2)CC1. The molecule has 5 rings (SSSR count). The van der Waals surface area contributed by atoms with E-state index in [1.165, 1.54) is 17.7 Å². The standard InChI is InChI=1S/C28H30FN3O4/c1-4-35-27(34)32-13-11-31(12-14-32)17-18-5-7-19(8-6-18)22-16-24(36-28(22,2)3)25-21-10-9-20(29)15-23(21)30-26(25)33/h5-10,15-16H,4,11-14,17H2,1-3H3,(H,30,33)/b25-24+. The van der Waals surface area contributed by atoms with Crippen molar-refractivity contribution in [3.05, 3.63) is 76.8 Å². The molecule has 0 atom stereocenters. The Bertz CT molecular complexity index is 1260. The number of fused-ring (bicyclic) bond motifs is 1. The molecule has 0 saturated carbocycles. The van der Waals surface area contributed by atoms with Crippen LogP contribution in [0.5, 0.6) is 0 Å². The topological polar surface area (TPSA) is 71.1 Å². The van der Waals surface area contributed by atoms with E-state index in [0.717, 1.165) is 30.8 Å². The van der Waals surface area contributed by atoms with Crippen LogP contribution in [0.15, 0.2) is 54.3 Å². The Labute approximate surface area is 210 Å². The Hall–Kier alpha value is -3.65. The lowest BCUT2D eigenvalue weighted by molar-refractivity contribution is -0.111. The molecule has 0 bridgehead atoms. The van der Waals surface area contributed by atoms with Crippen LogP contribution in [0.3, 0.4) is 0 Å². The number of hydrogen-bond acceptors (Lipinski definition) is 5. The summed E-state index contributed by atoms with van der Waals surface area (Å²) in [4.78, 5) is 28.7. The average molecular weight is 492 g/mol. The third-order valence-electron chi connectivity index (χ3n) is 6.83. The van der Waals surface area contributed by atoms with E-state index in [0.29, 0.717) is 42.3 Å². The van der Waals surface area contributed by atoms with Gasteiger partial charge < -0.3 is 19.7 Å². The zero-order valence-corrected chi connectivity index (χ0v) is 20.8. The number of ether oxygens (including phenoxy) is 2. The van der Waals surface area contributed by atoms with Crippen LogP contribution in [0.2, 0.25) is 0 Å². The summed E-state index contributed by atoms with van der Waals surface area (Å²) in [7, 11) is 0. The summed E-state index contributed by atoms with van der Waals surface area (Å²) in [5.41, 5.74) is 4.07. The van der Waals surface area contributed by atoms with E-state index in [9.17, 15) is 14.0 Å². The van der Waals surface area contributed by atoms with Crippen molar-refractivity contribution in [1.82, 2.24) is 9.80 Å². The maximum absolute atomic E-state index is 13.6. The van der Waals surface area contributed by atoms with E-state index >= 15 is 0 Å². The van der Waals surface area contributed by atoms with Crippen LogP contribution in [0.1, 0.15) is 37.5 Å². The van der Waals surface area contributed by atoms with Crippen molar-refractivity contribution >= 4 is 28.8 Å². The van der Waals surface area contributed by atoms with Gasteiger partial charge in [0, 0.05) is 43.9 Å². The summed E-state index contributed by atoms with van der Waals surface area (Å²) < 4.78 is 25.0. The van der Waals surface area contributed by atoms with Crippen LogP contribution >= 0.6 is 0 Å². The second kappa shape index (κ2) is 9.43. The van der Waals surface area contributed by atoms with Gasteiger partial charge in [-0.3, -0.25) is 9.69 Å². The predicted octanol–water partition coefficient (Wildman–Crippen LogP) is 4.66. The van der Waals surface area contributed by atoms with Gasteiger partial charge in [-0.05, 0) is 56.2 Å². The van der Waals surface area contributed by atoms with Gasteiger partial charge in [-0.25, -0.2) is 9.18 Å². The summed E-state index contributed by atoms with van der Waals surface area (Å²) in [6.07, 6.45) is 1.67. The molecule has 1 saturated heterocycles. The first-order chi connectivity index (χ1) is 17.2. The van der Waals surface area contributed by atoms with Gasteiger partial charge in [0.2, 0.25) is 0 Å². The van der Waals surface area contributed by atoms with Gasteiger partial charge in [0.15, 0.2) is 0 Å². The highest BCUT2D eigenvalue weighted by Crippen LogP contribution is 2.44. The van der Waals surface area contributed by atoms with Gasteiger partial charge in [0.25, 0.3) is 5.91 Å². The molecule has 188 valence electrons. The summed E-state index contributed by atoms with van der Waals surface area (Å²) in [5, 5.41) is 2.73. The summed E-state index contributed by atoms with van der Waals surface area (Å²) in [6.45, 7) is 9.89. The van der Waals surface area contributed by atoms with Gasteiger partial charge in [0.05, 0.1) is 17.9 Å². The molecule has 1 fully saturated rings. The first kappa shape index (κ1) is 24.1. The lowest BCUT2D eigenvalue weighted by Crippen LogP contribution is -2.48. The summed E-state index contributed by atoms with van der Waals surface area (Å²) >= 11 is 0. The zero-order valence-electron chi connectivity index (χ0n) is 20.8. The first-order valence-corrected chi connectivity index (χ1v) is 12.3. The van der Waals surface area contributed by atoms with Gasteiger partial charge in [-0.2, -0.15) is 0 Å². The highest BCUT2D eigenvalue weighted by molar-refractivity contribution is 6.32. The minimum absolute atomic E-state index is 0.240. The third kappa shape index (κ3) is 4.60. The number of hydrogen-bond donors (Lipinski definition) is 1. The molecule has 3 aliphatic rings. The molecular formula is C28H30FN3O4. The van der Waals surface area contributed by atoms with E-state index in [1.54, 1.807) is 11.0 Å². The molecule has 36 heavy (non-hydrogen) atoms. The highest BCUT2D eigenvalue weighted by Gasteiger charge is 2.38. The first-order valence-electron chi connectivity index (χ1n) is 12.3. The van der Waals surface area contributed by atoms with Crippen molar-refractivity contribution in [1.29, 1.82) is 0 Å². The fourth-order valence-corrected chi connectivity index (χ4v) is 4.96. The summed E-state index contributed by atoms with van der Waals surface area (Å²) in [6, 6.07) is 12.6.